The fraction of sp³-hybridized carbons (Fsp3) is 0.150. The van der Waals surface area contributed by atoms with Gasteiger partial charge in [-0.15, -0.1) is 0 Å². The highest BCUT2D eigenvalue weighted by molar-refractivity contribution is 6.33. The van der Waals surface area contributed by atoms with Crippen LogP contribution in [-0.4, -0.2) is 35.9 Å². The highest BCUT2D eigenvalue weighted by Gasteiger charge is 2.28. The molecular formula is C20H19ClN6O3. The molecule has 0 fully saturated rings. The normalized spacial score (nSPS) is 15.5. The van der Waals surface area contributed by atoms with E-state index in [9.17, 15) is 14.4 Å². The van der Waals surface area contributed by atoms with Crippen molar-refractivity contribution < 1.29 is 14.4 Å². The second-order valence-corrected chi connectivity index (χ2v) is 6.80. The number of carbonyl (C=O) groups is 3. The number of aliphatic imine (C=N–C) groups is 1. The minimum atomic E-state index is -0.874. The molecule has 1 unspecified atom stereocenters. The van der Waals surface area contributed by atoms with Crippen LogP contribution in [0, 0.1) is 0 Å². The van der Waals surface area contributed by atoms with Gasteiger partial charge in [0.05, 0.1) is 12.6 Å². The molecule has 154 valence electrons. The third kappa shape index (κ3) is 5.89. The molecule has 0 radical (unpaired) electrons. The average molecular weight is 427 g/mol. The van der Waals surface area contributed by atoms with Crippen LogP contribution < -0.4 is 21.4 Å². The van der Waals surface area contributed by atoms with Crippen LogP contribution in [0.3, 0.4) is 0 Å². The maximum absolute atomic E-state index is 12.3. The van der Waals surface area contributed by atoms with E-state index in [-0.39, 0.29) is 24.2 Å². The van der Waals surface area contributed by atoms with Gasteiger partial charge in [-0.05, 0) is 24.3 Å². The van der Waals surface area contributed by atoms with Gasteiger partial charge in [0.15, 0.2) is 0 Å². The summed E-state index contributed by atoms with van der Waals surface area (Å²) in [6, 6.07) is 13.0. The standard InChI is InChI=1S/C20H19ClN6O3/c1-12(28)23-14-6-4-7-15(9-14)24-18(29)10-17-19(30)26-20(25-17)27-22-11-13-5-2-3-8-16(13)21/h2-9,11,17H,10H2,1H3,(H,23,28)(H,24,29)(H2,25,26,27,30). The summed E-state index contributed by atoms with van der Waals surface area (Å²) in [5.74, 6) is -0.867. The number of hydrogen-bond acceptors (Lipinski definition) is 6. The van der Waals surface area contributed by atoms with E-state index in [0.717, 1.165) is 0 Å². The zero-order chi connectivity index (χ0) is 21.5. The fourth-order valence-corrected chi connectivity index (χ4v) is 2.83. The van der Waals surface area contributed by atoms with Crippen LogP contribution >= 0.6 is 11.6 Å². The number of anilines is 2. The lowest BCUT2D eigenvalue weighted by molar-refractivity contribution is -0.123. The van der Waals surface area contributed by atoms with E-state index in [2.05, 4.69) is 31.5 Å². The Hall–Kier alpha value is -3.72. The molecule has 0 bridgehead atoms. The first-order valence-electron chi connectivity index (χ1n) is 9.00. The van der Waals surface area contributed by atoms with E-state index in [1.165, 1.54) is 13.1 Å². The topological polar surface area (TPSA) is 124 Å². The Kier molecular flexibility index (Phi) is 6.76. The number of guanidine groups is 1. The maximum Gasteiger partial charge on any atom is 0.252 e. The highest BCUT2D eigenvalue weighted by atomic mass is 35.5. The summed E-state index contributed by atoms with van der Waals surface area (Å²) < 4.78 is 0. The largest absolute Gasteiger partial charge is 0.326 e. The van der Waals surface area contributed by atoms with E-state index < -0.39 is 11.9 Å². The first-order chi connectivity index (χ1) is 14.4. The van der Waals surface area contributed by atoms with Crippen molar-refractivity contribution in [3.05, 3.63) is 59.1 Å². The van der Waals surface area contributed by atoms with Gasteiger partial charge in [-0.3, -0.25) is 19.7 Å². The molecule has 3 amide bonds. The molecule has 30 heavy (non-hydrogen) atoms. The number of rotatable bonds is 6. The monoisotopic (exact) mass is 426 g/mol. The lowest BCUT2D eigenvalue weighted by Gasteiger charge is -2.09. The second kappa shape index (κ2) is 9.66. The third-order valence-corrected chi connectivity index (χ3v) is 4.30. The Morgan fingerprint density at radius 2 is 1.90 bits per heavy atom. The molecule has 1 atom stereocenters. The fourth-order valence-electron chi connectivity index (χ4n) is 2.65. The summed E-state index contributed by atoms with van der Waals surface area (Å²) >= 11 is 6.04. The number of nitrogens with one attached hydrogen (secondary N) is 4. The van der Waals surface area contributed by atoms with Crippen LogP contribution in [0.25, 0.3) is 0 Å². The second-order valence-electron chi connectivity index (χ2n) is 6.39. The molecule has 4 N–H and O–H groups in total. The zero-order valence-corrected chi connectivity index (χ0v) is 16.7. The van der Waals surface area contributed by atoms with Crippen LogP contribution in [0.1, 0.15) is 18.9 Å². The average Bonchev–Trinajstić information content (AvgIpc) is 3.02. The maximum atomic E-state index is 12.3. The lowest BCUT2D eigenvalue weighted by Crippen LogP contribution is -2.35. The number of halogens is 1. The van der Waals surface area contributed by atoms with E-state index in [0.29, 0.717) is 22.0 Å². The molecule has 1 aliphatic rings. The van der Waals surface area contributed by atoms with E-state index >= 15 is 0 Å². The SMILES string of the molecule is CC(=O)Nc1cccc(NC(=O)CC2N=C(NN=Cc3ccccc3Cl)NC2=O)c1. The van der Waals surface area contributed by atoms with E-state index in [1.807, 2.05) is 6.07 Å². The van der Waals surface area contributed by atoms with Crippen molar-refractivity contribution >= 4 is 52.9 Å². The number of amides is 3. The minimum Gasteiger partial charge on any atom is -0.326 e. The predicted molar refractivity (Wildman–Crippen MR) is 116 cm³/mol. The molecule has 0 aliphatic carbocycles. The van der Waals surface area contributed by atoms with E-state index in [1.54, 1.807) is 42.5 Å². The molecule has 0 saturated carbocycles. The number of hydrogen-bond donors (Lipinski definition) is 4. The number of nitrogens with zero attached hydrogens (tertiary/aromatic N) is 2. The first-order valence-corrected chi connectivity index (χ1v) is 9.38. The van der Waals surface area contributed by atoms with Crippen molar-refractivity contribution in [2.45, 2.75) is 19.4 Å². The van der Waals surface area contributed by atoms with Gasteiger partial charge in [-0.25, -0.2) is 10.4 Å². The summed E-state index contributed by atoms with van der Waals surface area (Å²) in [5, 5.41) is 12.4. The van der Waals surface area contributed by atoms with Crippen molar-refractivity contribution in [1.82, 2.24) is 10.7 Å². The molecule has 10 heteroatoms. The molecule has 1 aliphatic heterocycles. The van der Waals surface area contributed by atoms with Gasteiger partial charge in [0.1, 0.15) is 6.04 Å². The lowest BCUT2D eigenvalue weighted by atomic mass is 10.2. The summed E-state index contributed by atoms with van der Waals surface area (Å²) in [5.41, 5.74) is 4.38. The van der Waals surface area contributed by atoms with Crippen molar-refractivity contribution in [1.29, 1.82) is 0 Å². The molecule has 0 saturated heterocycles. The molecule has 2 aromatic rings. The number of benzene rings is 2. The van der Waals surface area contributed by atoms with Gasteiger partial charge in [-0.1, -0.05) is 35.9 Å². The van der Waals surface area contributed by atoms with Gasteiger partial charge in [0, 0.05) is 28.9 Å². The van der Waals surface area contributed by atoms with Crippen LogP contribution in [-0.2, 0) is 14.4 Å². The number of carbonyl (C=O) groups excluding carboxylic acids is 3. The van der Waals surface area contributed by atoms with E-state index in [4.69, 9.17) is 11.6 Å². The van der Waals surface area contributed by atoms with Crippen molar-refractivity contribution in [3.63, 3.8) is 0 Å². The van der Waals surface area contributed by atoms with Crippen LogP contribution in [0.5, 0.6) is 0 Å². The molecular weight excluding hydrogens is 408 g/mol. The Morgan fingerprint density at radius 1 is 1.17 bits per heavy atom. The van der Waals surface area contributed by atoms with Crippen LogP contribution in [0.2, 0.25) is 5.02 Å². The molecule has 2 aromatic carbocycles. The summed E-state index contributed by atoms with van der Waals surface area (Å²) in [4.78, 5) is 39.6. The van der Waals surface area contributed by atoms with Gasteiger partial charge in [0.2, 0.25) is 17.8 Å². The van der Waals surface area contributed by atoms with Gasteiger partial charge < -0.3 is 10.6 Å². The summed E-state index contributed by atoms with van der Waals surface area (Å²) in [6.07, 6.45) is 1.36. The Morgan fingerprint density at radius 3 is 2.63 bits per heavy atom. The summed E-state index contributed by atoms with van der Waals surface area (Å²) in [6.45, 7) is 1.39. The van der Waals surface area contributed by atoms with Gasteiger partial charge in [0.25, 0.3) is 5.91 Å². The molecule has 0 aromatic heterocycles. The Balaban J connectivity index is 1.55. The predicted octanol–water partition coefficient (Wildman–Crippen LogP) is 2.11. The van der Waals surface area contributed by atoms with Gasteiger partial charge >= 0.3 is 0 Å². The number of hydrazone groups is 1. The molecule has 9 nitrogen and oxygen atoms in total. The summed E-state index contributed by atoms with van der Waals surface area (Å²) in [7, 11) is 0. The molecule has 3 rings (SSSR count). The molecule has 0 spiro atoms. The van der Waals surface area contributed by atoms with Crippen molar-refractivity contribution in [3.8, 4) is 0 Å². The van der Waals surface area contributed by atoms with Gasteiger partial charge in [-0.2, -0.15) is 5.10 Å². The third-order valence-electron chi connectivity index (χ3n) is 3.95. The quantitative estimate of drug-likeness (QED) is 0.417. The highest BCUT2D eigenvalue weighted by Crippen LogP contribution is 2.16. The first kappa shape index (κ1) is 21.0. The zero-order valence-electron chi connectivity index (χ0n) is 16.0. The Labute approximate surface area is 177 Å². The van der Waals surface area contributed by atoms with Crippen LogP contribution in [0.4, 0.5) is 11.4 Å². The van der Waals surface area contributed by atoms with Crippen molar-refractivity contribution in [2.24, 2.45) is 10.1 Å². The van der Waals surface area contributed by atoms with Crippen LogP contribution in [0.15, 0.2) is 58.6 Å². The minimum absolute atomic E-state index is 0.143. The smallest absolute Gasteiger partial charge is 0.252 e. The Bertz CT molecular complexity index is 1040. The molecule has 1 heterocycles. The van der Waals surface area contributed by atoms with Crippen molar-refractivity contribution in [2.75, 3.05) is 10.6 Å².